The Bertz CT molecular complexity index is 1210. The summed E-state index contributed by atoms with van der Waals surface area (Å²) in [4.78, 5) is 46.1. The van der Waals surface area contributed by atoms with E-state index in [9.17, 15) is 14.4 Å². The number of ether oxygens (including phenoxy) is 1. The number of nitrogens with one attached hydrogen (secondary N) is 2. The molecule has 2 heterocycles. The van der Waals surface area contributed by atoms with Gasteiger partial charge in [-0.2, -0.15) is 0 Å². The van der Waals surface area contributed by atoms with Gasteiger partial charge in [0.05, 0.1) is 24.0 Å². The summed E-state index contributed by atoms with van der Waals surface area (Å²) in [5.74, 6) is -0.0508. The molecule has 9 nitrogen and oxygen atoms in total. The lowest BCUT2D eigenvalue weighted by atomic mass is 9.63. The van der Waals surface area contributed by atoms with Crippen LogP contribution in [0.3, 0.4) is 0 Å². The molecule has 2 N–H and O–H groups in total. The second-order valence-corrected chi connectivity index (χ2v) is 12.1. The van der Waals surface area contributed by atoms with Crippen LogP contribution in [0.4, 0.5) is 4.79 Å². The number of benzene rings is 1. The Morgan fingerprint density at radius 2 is 1.88 bits per heavy atom. The van der Waals surface area contributed by atoms with Crippen LogP contribution in [0.5, 0.6) is 0 Å². The first kappa shape index (κ1) is 31.2. The van der Waals surface area contributed by atoms with Gasteiger partial charge in [0, 0.05) is 55.8 Å². The largest absolute Gasteiger partial charge is 0.466 e. The molecular formula is C30H41Cl2N5O4. The van der Waals surface area contributed by atoms with Crippen molar-refractivity contribution in [2.75, 3.05) is 26.2 Å². The fourth-order valence-electron chi connectivity index (χ4n) is 6.27. The molecule has 1 unspecified atom stereocenters. The van der Waals surface area contributed by atoms with Crippen molar-refractivity contribution in [3.63, 3.8) is 0 Å². The third-order valence-corrected chi connectivity index (χ3v) is 9.09. The minimum absolute atomic E-state index is 0.131. The average molecular weight is 607 g/mol. The number of aryl methyl sites for hydroxylation is 1. The number of likely N-dealkylation sites (tertiary alicyclic amines) is 1. The van der Waals surface area contributed by atoms with Gasteiger partial charge in [-0.05, 0) is 56.2 Å². The van der Waals surface area contributed by atoms with E-state index in [-0.39, 0.29) is 24.2 Å². The van der Waals surface area contributed by atoms with Crippen molar-refractivity contribution < 1.29 is 19.1 Å². The Labute approximate surface area is 252 Å². The number of imidazole rings is 1. The number of esters is 1. The summed E-state index contributed by atoms with van der Waals surface area (Å²) in [6, 6.07) is 3.84. The number of urea groups is 1. The number of amides is 3. The van der Waals surface area contributed by atoms with E-state index < -0.39 is 17.5 Å². The van der Waals surface area contributed by atoms with Crippen molar-refractivity contribution in [3.05, 3.63) is 52.0 Å². The average Bonchev–Trinajstić information content (AvgIpc) is 3.39. The highest BCUT2D eigenvalue weighted by atomic mass is 35.5. The monoisotopic (exact) mass is 605 g/mol. The molecule has 1 atom stereocenters. The number of nitrogens with zero attached hydrogens (tertiary/aromatic N) is 3. The van der Waals surface area contributed by atoms with Crippen molar-refractivity contribution in [2.24, 2.45) is 18.4 Å². The fraction of sp³-hybridized carbons (Fsp3) is 0.600. The number of piperidine rings is 1. The van der Waals surface area contributed by atoms with Crippen molar-refractivity contribution in [1.82, 2.24) is 25.1 Å². The molecule has 0 radical (unpaired) electrons. The first-order valence-electron chi connectivity index (χ1n) is 14.6. The van der Waals surface area contributed by atoms with Gasteiger partial charge in [0.1, 0.15) is 6.04 Å². The summed E-state index contributed by atoms with van der Waals surface area (Å²) in [5, 5.41) is 6.64. The lowest BCUT2D eigenvalue weighted by Crippen LogP contribution is -2.56. The predicted octanol–water partition coefficient (Wildman–Crippen LogP) is 4.93. The summed E-state index contributed by atoms with van der Waals surface area (Å²) >= 11 is 12.5. The van der Waals surface area contributed by atoms with Crippen LogP contribution < -0.4 is 10.6 Å². The normalized spacial score (nSPS) is 18.0. The maximum absolute atomic E-state index is 13.9. The van der Waals surface area contributed by atoms with Gasteiger partial charge < -0.3 is 24.8 Å². The van der Waals surface area contributed by atoms with Crippen LogP contribution in [0.1, 0.15) is 63.1 Å². The standard InChI is InChI=1S/C30H41Cl2N5O4/c1-3-41-28(39)30(22-7-5-4-6-8-22)12-15-37(16-13-30)27(38)26(17-21-9-10-23(31)18-25(21)32)35-29(40)33-14-11-24-19-36(2)20-34-24/h9-10,18-20,22,26H,3-8,11-17H2,1-2H3,(H2,33,35,40). The molecule has 2 aliphatic rings. The third kappa shape index (κ3) is 7.95. The minimum atomic E-state index is -0.840. The number of aromatic nitrogens is 2. The highest BCUT2D eigenvalue weighted by molar-refractivity contribution is 6.35. The fourth-order valence-corrected chi connectivity index (χ4v) is 6.76. The molecule has 2 fully saturated rings. The first-order valence-corrected chi connectivity index (χ1v) is 15.4. The molecule has 11 heteroatoms. The molecule has 4 rings (SSSR count). The number of halogens is 2. The molecule has 1 aliphatic carbocycles. The van der Waals surface area contributed by atoms with Gasteiger partial charge in [-0.3, -0.25) is 9.59 Å². The molecule has 3 amide bonds. The van der Waals surface area contributed by atoms with E-state index in [0.29, 0.717) is 61.1 Å². The van der Waals surface area contributed by atoms with E-state index in [1.165, 1.54) is 6.42 Å². The lowest BCUT2D eigenvalue weighted by Gasteiger charge is -2.46. The van der Waals surface area contributed by atoms with Gasteiger partial charge in [-0.15, -0.1) is 0 Å². The summed E-state index contributed by atoms with van der Waals surface area (Å²) in [6.07, 6.45) is 11.0. The predicted molar refractivity (Wildman–Crippen MR) is 159 cm³/mol. The van der Waals surface area contributed by atoms with E-state index in [4.69, 9.17) is 27.9 Å². The summed E-state index contributed by atoms with van der Waals surface area (Å²) in [6.45, 7) is 3.42. The van der Waals surface area contributed by atoms with Crippen molar-refractivity contribution >= 4 is 41.1 Å². The van der Waals surface area contributed by atoms with Gasteiger partial charge in [0.15, 0.2) is 0 Å². The van der Waals surface area contributed by atoms with E-state index in [1.54, 1.807) is 29.4 Å². The van der Waals surface area contributed by atoms with Crippen LogP contribution in [0.15, 0.2) is 30.7 Å². The van der Waals surface area contributed by atoms with Crippen LogP contribution in [-0.4, -0.2) is 64.6 Å². The zero-order chi connectivity index (χ0) is 29.4. The number of carbonyl (C=O) groups is 3. The summed E-state index contributed by atoms with van der Waals surface area (Å²) in [7, 11) is 1.89. The molecule has 224 valence electrons. The van der Waals surface area contributed by atoms with Crippen molar-refractivity contribution in [1.29, 1.82) is 0 Å². The molecule has 0 bridgehead atoms. The number of rotatable bonds is 10. The van der Waals surface area contributed by atoms with E-state index in [1.807, 2.05) is 24.7 Å². The van der Waals surface area contributed by atoms with E-state index >= 15 is 0 Å². The molecule has 2 aromatic rings. The van der Waals surface area contributed by atoms with Crippen LogP contribution in [0.2, 0.25) is 10.0 Å². The van der Waals surface area contributed by atoms with Crippen LogP contribution >= 0.6 is 23.2 Å². The Morgan fingerprint density at radius 1 is 1.15 bits per heavy atom. The van der Waals surface area contributed by atoms with Crippen LogP contribution in [0.25, 0.3) is 0 Å². The van der Waals surface area contributed by atoms with Gasteiger partial charge in [-0.25, -0.2) is 9.78 Å². The smallest absolute Gasteiger partial charge is 0.315 e. The zero-order valence-electron chi connectivity index (χ0n) is 24.0. The molecule has 0 spiro atoms. The summed E-state index contributed by atoms with van der Waals surface area (Å²) in [5.41, 5.74) is 1.02. The first-order chi connectivity index (χ1) is 19.7. The zero-order valence-corrected chi connectivity index (χ0v) is 25.5. The topological polar surface area (TPSA) is 106 Å². The Kier molecular flexibility index (Phi) is 10.9. The second kappa shape index (κ2) is 14.4. The molecule has 1 aliphatic heterocycles. The van der Waals surface area contributed by atoms with Crippen molar-refractivity contribution in [2.45, 2.75) is 70.8 Å². The van der Waals surface area contributed by atoms with Crippen LogP contribution in [-0.2, 0) is 34.2 Å². The van der Waals surface area contributed by atoms with Gasteiger partial charge in [0.25, 0.3) is 0 Å². The molecular weight excluding hydrogens is 565 g/mol. The maximum Gasteiger partial charge on any atom is 0.315 e. The number of carbonyl (C=O) groups excluding carboxylic acids is 3. The molecule has 1 aromatic heterocycles. The Balaban J connectivity index is 1.45. The molecule has 1 aromatic carbocycles. The second-order valence-electron chi connectivity index (χ2n) is 11.2. The number of hydrogen-bond acceptors (Lipinski definition) is 5. The van der Waals surface area contributed by atoms with Crippen LogP contribution in [0, 0.1) is 11.3 Å². The summed E-state index contributed by atoms with van der Waals surface area (Å²) < 4.78 is 7.42. The van der Waals surface area contributed by atoms with Crippen molar-refractivity contribution in [3.8, 4) is 0 Å². The lowest BCUT2D eigenvalue weighted by molar-refractivity contribution is -0.166. The highest BCUT2D eigenvalue weighted by Crippen LogP contribution is 2.47. The Hall–Kier alpha value is -2.78. The minimum Gasteiger partial charge on any atom is -0.466 e. The Morgan fingerprint density at radius 3 is 2.51 bits per heavy atom. The third-order valence-electron chi connectivity index (χ3n) is 8.50. The molecule has 1 saturated heterocycles. The van der Waals surface area contributed by atoms with E-state index in [0.717, 1.165) is 31.4 Å². The van der Waals surface area contributed by atoms with E-state index in [2.05, 4.69) is 15.6 Å². The van der Waals surface area contributed by atoms with Gasteiger partial charge in [-0.1, -0.05) is 48.5 Å². The van der Waals surface area contributed by atoms with Gasteiger partial charge >= 0.3 is 12.0 Å². The number of hydrogen-bond donors (Lipinski definition) is 2. The molecule has 41 heavy (non-hydrogen) atoms. The van der Waals surface area contributed by atoms with Gasteiger partial charge in [0.2, 0.25) is 5.91 Å². The highest BCUT2D eigenvalue weighted by Gasteiger charge is 2.49. The quantitative estimate of drug-likeness (QED) is 0.373. The SMILES string of the molecule is CCOC(=O)C1(C2CCCCC2)CCN(C(=O)C(Cc2ccc(Cl)cc2Cl)NC(=O)NCCc2cn(C)cn2)CC1. The maximum atomic E-state index is 13.9. The molecule has 1 saturated carbocycles.